The second kappa shape index (κ2) is 4.37. The Morgan fingerprint density at radius 2 is 2.12 bits per heavy atom. The molecule has 1 amide bonds. The molecule has 0 aliphatic carbocycles. The number of carbonyl (C=O) groups is 1. The molecule has 0 bridgehead atoms. The molecule has 1 aliphatic rings. The lowest BCUT2D eigenvalue weighted by molar-refractivity contribution is 0.0555. The fourth-order valence-electron chi connectivity index (χ4n) is 1.95. The van der Waals surface area contributed by atoms with Gasteiger partial charge in [0.25, 0.3) is 5.91 Å². The zero-order chi connectivity index (χ0) is 12.5. The third kappa shape index (κ3) is 2.13. The van der Waals surface area contributed by atoms with E-state index in [2.05, 4.69) is 0 Å². The lowest BCUT2D eigenvalue weighted by atomic mass is 10.0. The van der Waals surface area contributed by atoms with Crippen LogP contribution in [-0.2, 0) is 0 Å². The summed E-state index contributed by atoms with van der Waals surface area (Å²) in [5.74, 6) is 0.654. The molecule has 1 heterocycles. The Balaban J connectivity index is 2.39. The van der Waals surface area contributed by atoms with E-state index in [0.717, 1.165) is 0 Å². The van der Waals surface area contributed by atoms with Crippen LogP contribution in [-0.4, -0.2) is 36.0 Å². The zero-order valence-corrected chi connectivity index (χ0v) is 10.3. The second-order valence-corrected chi connectivity index (χ2v) is 4.82. The SMILES string of the molecule is CC(C)(CN)N1CCOc2ccccc2C1=O. The first-order valence-corrected chi connectivity index (χ1v) is 5.80. The standard InChI is InChI=1S/C13H18N2O2/c1-13(2,9-14)15-7-8-17-11-6-4-3-5-10(11)12(15)16/h3-6H,7-9,14H2,1-2H3. The summed E-state index contributed by atoms with van der Waals surface area (Å²) in [7, 11) is 0. The second-order valence-electron chi connectivity index (χ2n) is 4.82. The highest BCUT2D eigenvalue weighted by molar-refractivity contribution is 5.97. The summed E-state index contributed by atoms with van der Waals surface area (Å²) in [6.07, 6.45) is 0. The summed E-state index contributed by atoms with van der Waals surface area (Å²) in [5.41, 5.74) is 6.00. The van der Waals surface area contributed by atoms with Crippen molar-refractivity contribution in [2.24, 2.45) is 5.73 Å². The number of rotatable bonds is 2. The van der Waals surface area contributed by atoms with Crippen molar-refractivity contribution in [3.63, 3.8) is 0 Å². The third-order valence-corrected chi connectivity index (χ3v) is 3.17. The quantitative estimate of drug-likeness (QED) is 0.838. The Labute approximate surface area is 101 Å². The molecule has 0 spiro atoms. The van der Waals surface area contributed by atoms with Gasteiger partial charge in [0.05, 0.1) is 12.1 Å². The highest BCUT2D eigenvalue weighted by atomic mass is 16.5. The van der Waals surface area contributed by atoms with Crippen LogP contribution in [0, 0.1) is 0 Å². The normalized spacial score (nSPS) is 16.2. The highest BCUT2D eigenvalue weighted by Crippen LogP contribution is 2.26. The van der Waals surface area contributed by atoms with Gasteiger partial charge in [-0.05, 0) is 26.0 Å². The smallest absolute Gasteiger partial charge is 0.258 e. The maximum atomic E-state index is 12.4. The van der Waals surface area contributed by atoms with Gasteiger partial charge in [-0.1, -0.05) is 12.1 Å². The van der Waals surface area contributed by atoms with E-state index < -0.39 is 0 Å². The average molecular weight is 234 g/mol. The van der Waals surface area contributed by atoms with Gasteiger partial charge in [0, 0.05) is 12.1 Å². The molecular weight excluding hydrogens is 216 g/mol. The molecule has 0 saturated heterocycles. The van der Waals surface area contributed by atoms with Crippen molar-refractivity contribution in [1.29, 1.82) is 0 Å². The van der Waals surface area contributed by atoms with Crippen molar-refractivity contribution >= 4 is 5.91 Å². The molecule has 2 N–H and O–H groups in total. The number of nitrogens with zero attached hydrogens (tertiary/aromatic N) is 1. The predicted molar refractivity (Wildman–Crippen MR) is 66.1 cm³/mol. The van der Waals surface area contributed by atoms with E-state index in [1.54, 1.807) is 11.0 Å². The Hall–Kier alpha value is -1.55. The summed E-state index contributed by atoms with van der Waals surface area (Å²) in [6.45, 7) is 5.45. The molecule has 0 fully saturated rings. The summed E-state index contributed by atoms with van der Waals surface area (Å²) < 4.78 is 5.59. The summed E-state index contributed by atoms with van der Waals surface area (Å²) in [4.78, 5) is 14.2. The molecule has 4 nitrogen and oxygen atoms in total. The van der Waals surface area contributed by atoms with Crippen LogP contribution < -0.4 is 10.5 Å². The minimum Gasteiger partial charge on any atom is -0.491 e. The van der Waals surface area contributed by atoms with Gasteiger partial charge in [-0.15, -0.1) is 0 Å². The Bertz CT molecular complexity index is 429. The van der Waals surface area contributed by atoms with Crippen LogP contribution >= 0.6 is 0 Å². The van der Waals surface area contributed by atoms with Gasteiger partial charge in [-0.3, -0.25) is 4.79 Å². The van der Waals surface area contributed by atoms with Gasteiger partial charge in [-0.2, -0.15) is 0 Å². The molecule has 17 heavy (non-hydrogen) atoms. The molecule has 1 aromatic rings. The van der Waals surface area contributed by atoms with E-state index in [4.69, 9.17) is 10.5 Å². The van der Waals surface area contributed by atoms with Gasteiger partial charge in [0.2, 0.25) is 0 Å². The number of nitrogens with two attached hydrogens (primary N) is 1. The number of amides is 1. The fraction of sp³-hybridized carbons (Fsp3) is 0.462. The first-order chi connectivity index (χ1) is 8.06. The maximum Gasteiger partial charge on any atom is 0.258 e. The number of para-hydroxylation sites is 1. The van der Waals surface area contributed by atoms with E-state index in [0.29, 0.717) is 31.0 Å². The fourth-order valence-corrected chi connectivity index (χ4v) is 1.95. The molecule has 0 radical (unpaired) electrons. The first kappa shape index (κ1) is 11.9. The van der Waals surface area contributed by atoms with Crippen LogP contribution in [0.3, 0.4) is 0 Å². The maximum absolute atomic E-state index is 12.4. The highest BCUT2D eigenvalue weighted by Gasteiger charge is 2.33. The zero-order valence-electron chi connectivity index (χ0n) is 10.3. The lowest BCUT2D eigenvalue weighted by Crippen LogP contribution is -2.52. The van der Waals surface area contributed by atoms with Crippen molar-refractivity contribution in [3.8, 4) is 5.75 Å². The van der Waals surface area contributed by atoms with E-state index >= 15 is 0 Å². The van der Waals surface area contributed by atoms with Crippen LogP contribution in [0.1, 0.15) is 24.2 Å². The molecule has 0 unspecified atom stereocenters. The Kier molecular flexibility index (Phi) is 3.07. The summed E-state index contributed by atoms with van der Waals surface area (Å²) in [6, 6.07) is 7.34. The predicted octanol–water partition coefficient (Wildman–Crippen LogP) is 1.26. The van der Waals surface area contributed by atoms with E-state index in [-0.39, 0.29) is 11.4 Å². The van der Waals surface area contributed by atoms with E-state index in [1.165, 1.54) is 0 Å². The first-order valence-electron chi connectivity index (χ1n) is 5.80. The van der Waals surface area contributed by atoms with Crippen LogP contribution in [0.4, 0.5) is 0 Å². The van der Waals surface area contributed by atoms with E-state index in [9.17, 15) is 4.79 Å². The number of fused-ring (bicyclic) bond motifs is 1. The molecule has 0 aromatic heterocycles. The molecule has 0 atom stereocenters. The Morgan fingerprint density at radius 1 is 1.41 bits per heavy atom. The monoisotopic (exact) mass is 234 g/mol. The number of carbonyl (C=O) groups excluding carboxylic acids is 1. The summed E-state index contributed by atoms with van der Waals surface area (Å²) >= 11 is 0. The van der Waals surface area contributed by atoms with Crippen molar-refractivity contribution in [1.82, 2.24) is 4.90 Å². The molecular formula is C13H18N2O2. The molecule has 2 rings (SSSR count). The minimum absolute atomic E-state index is 0.00597. The number of benzene rings is 1. The molecule has 1 aliphatic heterocycles. The molecule has 92 valence electrons. The van der Waals surface area contributed by atoms with Crippen LogP contribution in [0.15, 0.2) is 24.3 Å². The molecule has 0 saturated carbocycles. The number of hydrogen-bond acceptors (Lipinski definition) is 3. The Morgan fingerprint density at radius 3 is 2.82 bits per heavy atom. The van der Waals surface area contributed by atoms with Crippen LogP contribution in [0.25, 0.3) is 0 Å². The van der Waals surface area contributed by atoms with E-state index in [1.807, 2.05) is 32.0 Å². The van der Waals surface area contributed by atoms with Gasteiger partial charge in [0.1, 0.15) is 12.4 Å². The van der Waals surface area contributed by atoms with Crippen molar-refractivity contribution < 1.29 is 9.53 Å². The van der Waals surface area contributed by atoms with Gasteiger partial charge >= 0.3 is 0 Å². The van der Waals surface area contributed by atoms with Crippen molar-refractivity contribution in [2.45, 2.75) is 19.4 Å². The van der Waals surface area contributed by atoms with Gasteiger partial charge in [-0.25, -0.2) is 0 Å². The molecule has 4 heteroatoms. The minimum atomic E-state index is -0.349. The van der Waals surface area contributed by atoms with Crippen LogP contribution in [0.5, 0.6) is 5.75 Å². The number of hydrogen-bond donors (Lipinski definition) is 1. The average Bonchev–Trinajstić information content (AvgIpc) is 2.50. The number of ether oxygens (including phenoxy) is 1. The van der Waals surface area contributed by atoms with Crippen LogP contribution in [0.2, 0.25) is 0 Å². The lowest BCUT2D eigenvalue weighted by Gasteiger charge is -2.36. The topological polar surface area (TPSA) is 55.6 Å². The van der Waals surface area contributed by atoms with Crippen molar-refractivity contribution in [3.05, 3.63) is 29.8 Å². The van der Waals surface area contributed by atoms with Crippen molar-refractivity contribution in [2.75, 3.05) is 19.7 Å². The third-order valence-electron chi connectivity index (χ3n) is 3.17. The summed E-state index contributed by atoms with van der Waals surface area (Å²) in [5, 5.41) is 0. The largest absolute Gasteiger partial charge is 0.491 e. The van der Waals surface area contributed by atoms with Gasteiger partial charge in [0.15, 0.2) is 0 Å². The molecule has 1 aromatic carbocycles. The van der Waals surface area contributed by atoms with Gasteiger partial charge < -0.3 is 15.4 Å².